The molecule has 1 unspecified atom stereocenters. The molecule has 2 aromatic carbocycles. The van der Waals surface area contributed by atoms with Crippen LogP contribution in [0.25, 0.3) is 5.69 Å². The van der Waals surface area contributed by atoms with Crippen LogP contribution in [0, 0.1) is 0 Å². The van der Waals surface area contributed by atoms with E-state index in [1.807, 2.05) is 13.8 Å². The highest BCUT2D eigenvalue weighted by Gasteiger charge is 2.54. The Morgan fingerprint density at radius 1 is 0.833 bits per heavy atom. The molecule has 4 rings (SSSR count). The van der Waals surface area contributed by atoms with Crippen molar-refractivity contribution in [3.63, 3.8) is 0 Å². The van der Waals surface area contributed by atoms with Crippen LogP contribution < -0.4 is 16.3 Å². The largest absolute Gasteiger partial charge is 0.447 e. The summed E-state index contributed by atoms with van der Waals surface area (Å²) in [6.07, 6.45) is 4.31. The van der Waals surface area contributed by atoms with Gasteiger partial charge in [0.15, 0.2) is 6.17 Å². The van der Waals surface area contributed by atoms with Gasteiger partial charge in [-0.15, -0.1) is 4.74 Å². The Morgan fingerprint density at radius 2 is 1.39 bits per heavy atom. The fourth-order valence-electron chi connectivity index (χ4n) is 4.74. The monoisotopic (exact) mass is 532 g/mol. The topological polar surface area (TPSA) is 80.7 Å². The summed E-state index contributed by atoms with van der Waals surface area (Å²) in [6.45, 7) is 6.43. The van der Waals surface area contributed by atoms with Crippen molar-refractivity contribution >= 4 is 34.9 Å². The Hall–Kier alpha value is -2.97. The Labute approximate surface area is 219 Å². The molecule has 1 aromatic heterocycles. The Kier molecular flexibility index (Phi) is 7.66. The second kappa shape index (κ2) is 10.6. The first kappa shape index (κ1) is 26.1. The minimum Gasteiger partial charge on any atom is -0.315 e. The normalized spacial score (nSPS) is 17.2. The number of amides is 2. The van der Waals surface area contributed by atoms with Crippen molar-refractivity contribution in [1.29, 1.82) is 0 Å². The van der Waals surface area contributed by atoms with E-state index in [-0.39, 0.29) is 6.03 Å². The lowest BCUT2D eigenvalue weighted by molar-refractivity contribution is 0.0958. The number of carbonyl (C=O) groups is 1. The molecule has 0 saturated carbocycles. The van der Waals surface area contributed by atoms with Gasteiger partial charge in [0.05, 0.1) is 11.2 Å². The van der Waals surface area contributed by atoms with Crippen molar-refractivity contribution < 1.29 is 9.32 Å². The lowest BCUT2D eigenvalue weighted by atomic mass is 9.99. The molecule has 0 bridgehead atoms. The first-order valence-corrected chi connectivity index (χ1v) is 12.9. The molecule has 0 radical (unpaired) electrons. The molecule has 8 nitrogen and oxygen atoms in total. The summed E-state index contributed by atoms with van der Waals surface area (Å²) in [7, 11) is 0. The Morgan fingerprint density at radius 3 is 1.97 bits per heavy atom. The third-order valence-electron chi connectivity index (χ3n) is 6.64. The van der Waals surface area contributed by atoms with Gasteiger partial charge in [0.1, 0.15) is 0 Å². The van der Waals surface area contributed by atoms with Gasteiger partial charge in [-0.25, -0.2) is 14.4 Å². The third kappa shape index (κ3) is 4.84. The molecule has 0 N–H and O–H groups in total. The molecule has 2 amide bonds. The van der Waals surface area contributed by atoms with Gasteiger partial charge in [0, 0.05) is 22.3 Å². The van der Waals surface area contributed by atoms with Gasteiger partial charge in [-0.1, -0.05) is 55.8 Å². The van der Waals surface area contributed by atoms with E-state index in [4.69, 9.17) is 27.7 Å². The number of hydrogen-bond donors (Lipinski definition) is 0. The molecule has 1 aliphatic rings. The first-order valence-electron chi connectivity index (χ1n) is 12.1. The molecule has 2 heterocycles. The van der Waals surface area contributed by atoms with E-state index in [0.29, 0.717) is 28.0 Å². The Balaban J connectivity index is 1.78. The van der Waals surface area contributed by atoms with Crippen molar-refractivity contribution in [3.8, 4) is 5.69 Å². The molecule has 1 fully saturated rings. The molecule has 1 saturated heterocycles. The number of carbonyl (C=O) groups excluding carboxylic acids is 1. The molecule has 1 atom stereocenters. The lowest BCUT2D eigenvalue weighted by Gasteiger charge is -2.34. The number of rotatable bonds is 9. The lowest BCUT2D eigenvalue weighted by Crippen LogP contribution is -2.47. The summed E-state index contributed by atoms with van der Waals surface area (Å²) in [4.78, 5) is 43.4. The smallest absolute Gasteiger partial charge is 0.315 e. The van der Waals surface area contributed by atoms with Crippen LogP contribution in [0.3, 0.4) is 0 Å². The number of unbranched alkanes of at least 4 members (excludes halogenated alkanes) is 4. The quantitative estimate of drug-likeness (QED) is 0.312. The molecule has 3 aromatic rings. The Bertz CT molecular complexity index is 1330. The van der Waals surface area contributed by atoms with E-state index in [1.165, 1.54) is 4.90 Å². The molecule has 0 spiro atoms. The summed E-state index contributed by atoms with van der Waals surface area (Å²) in [5.74, 6) is -0.848. The van der Waals surface area contributed by atoms with Gasteiger partial charge in [-0.3, -0.25) is 4.90 Å². The number of hydrogen-bond acceptors (Lipinski definition) is 4. The van der Waals surface area contributed by atoms with Gasteiger partial charge >= 0.3 is 17.5 Å². The third-order valence-corrected chi connectivity index (χ3v) is 7.15. The maximum Gasteiger partial charge on any atom is 0.447 e. The van der Waals surface area contributed by atoms with Gasteiger partial charge < -0.3 is 9.42 Å². The second-order valence-corrected chi connectivity index (χ2v) is 10.4. The maximum absolute atomic E-state index is 13.8. The van der Waals surface area contributed by atoms with Crippen molar-refractivity contribution in [2.75, 3.05) is 11.4 Å². The summed E-state index contributed by atoms with van der Waals surface area (Å²) >= 11 is 12.1. The predicted molar refractivity (Wildman–Crippen MR) is 141 cm³/mol. The van der Waals surface area contributed by atoms with E-state index < -0.39 is 23.2 Å². The molecular formula is C26H30Cl2N4O4. The average Bonchev–Trinajstić information content (AvgIpc) is 3.23. The minimum absolute atomic E-state index is 0.267. The zero-order valence-corrected chi connectivity index (χ0v) is 22.1. The molecule has 0 aliphatic carbocycles. The van der Waals surface area contributed by atoms with Crippen molar-refractivity contribution in [2.24, 2.45) is 0 Å². The van der Waals surface area contributed by atoms with E-state index >= 15 is 0 Å². The van der Waals surface area contributed by atoms with Crippen LogP contribution in [-0.2, 0) is 0 Å². The highest BCUT2D eigenvalue weighted by molar-refractivity contribution is 6.30. The SMILES string of the molecule is CCCCCCCN1C(=O)N(c2ccc(Cl)cc2)C(n2oc(=O)n(-c3ccc(Cl)cc3)c2=O)C1(C)C. The van der Waals surface area contributed by atoms with Crippen molar-refractivity contribution in [3.05, 3.63) is 79.6 Å². The average molecular weight is 533 g/mol. The second-order valence-electron chi connectivity index (χ2n) is 9.50. The molecule has 10 heteroatoms. The number of benzene rings is 2. The van der Waals surface area contributed by atoms with Crippen LogP contribution in [0.1, 0.15) is 59.0 Å². The zero-order chi connectivity index (χ0) is 26.0. The van der Waals surface area contributed by atoms with Crippen LogP contribution in [0.4, 0.5) is 10.5 Å². The highest BCUT2D eigenvalue weighted by Crippen LogP contribution is 2.42. The van der Waals surface area contributed by atoms with Crippen LogP contribution >= 0.6 is 23.2 Å². The fourth-order valence-corrected chi connectivity index (χ4v) is 4.99. The van der Waals surface area contributed by atoms with Crippen LogP contribution in [0.2, 0.25) is 10.0 Å². The summed E-state index contributed by atoms with van der Waals surface area (Å²) in [5, 5.41) is 0.994. The standard InChI is InChI=1S/C26H30Cl2N4O4/c1-4-5-6-7-8-17-29-23(33)30(20-13-9-18(27)10-14-20)22(26(29,2)3)32-24(34)31(25(35)36-32)21-15-11-19(28)12-16-21/h9-16,22H,4-8,17H2,1-3H3. The minimum atomic E-state index is -0.907. The van der Waals surface area contributed by atoms with Crippen molar-refractivity contribution in [2.45, 2.75) is 64.6 Å². The van der Waals surface area contributed by atoms with Gasteiger partial charge in [0.2, 0.25) is 0 Å². The summed E-state index contributed by atoms with van der Waals surface area (Å²) in [6, 6.07) is 12.8. The molecule has 36 heavy (non-hydrogen) atoms. The van der Waals surface area contributed by atoms with Gasteiger partial charge in [-0.2, -0.15) is 4.57 Å². The van der Waals surface area contributed by atoms with E-state index in [9.17, 15) is 14.4 Å². The first-order chi connectivity index (χ1) is 17.2. The zero-order valence-electron chi connectivity index (χ0n) is 20.6. The molecule has 1 aliphatic heterocycles. The predicted octanol–water partition coefficient (Wildman–Crippen LogP) is 6.09. The fraction of sp³-hybridized carbons (Fsp3) is 0.423. The number of urea groups is 1. The van der Waals surface area contributed by atoms with Gasteiger partial charge in [-0.05, 0) is 68.8 Å². The highest BCUT2D eigenvalue weighted by atomic mass is 35.5. The van der Waals surface area contributed by atoms with Gasteiger partial charge in [0.25, 0.3) is 0 Å². The van der Waals surface area contributed by atoms with E-state index in [0.717, 1.165) is 41.4 Å². The van der Waals surface area contributed by atoms with Crippen LogP contribution in [0.15, 0.2) is 62.6 Å². The summed E-state index contributed by atoms with van der Waals surface area (Å²) < 4.78 is 7.45. The van der Waals surface area contributed by atoms with E-state index in [2.05, 4.69) is 6.92 Å². The number of aromatic nitrogens is 2. The number of nitrogens with zero attached hydrogens (tertiary/aromatic N) is 4. The van der Waals surface area contributed by atoms with Crippen LogP contribution in [0.5, 0.6) is 0 Å². The molecular weight excluding hydrogens is 503 g/mol. The number of anilines is 1. The van der Waals surface area contributed by atoms with E-state index in [1.54, 1.807) is 53.4 Å². The maximum atomic E-state index is 13.8. The van der Waals surface area contributed by atoms with Crippen LogP contribution in [-0.4, -0.2) is 32.3 Å². The summed E-state index contributed by atoms with van der Waals surface area (Å²) in [5.41, 5.74) is -0.681. The molecule has 192 valence electrons. The van der Waals surface area contributed by atoms with Crippen molar-refractivity contribution in [1.82, 2.24) is 14.2 Å². The number of halogens is 2.